The number of hydrogen-bond acceptors (Lipinski definition) is 9. The zero-order valence-electron chi connectivity index (χ0n) is 31.5. The van der Waals surface area contributed by atoms with Gasteiger partial charge in [0.2, 0.25) is 11.8 Å². The van der Waals surface area contributed by atoms with E-state index in [-0.39, 0.29) is 40.6 Å². The molecule has 3 N–H and O–H groups in total. The zero-order valence-corrected chi connectivity index (χ0v) is 33.3. The van der Waals surface area contributed by atoms with Crippen molar-refractivity contribution < 1.29 is 37.5 Å². The second-order valence-corrected chi connectivity index (χ2v) is 18.4. The number of amides is 3. The van der Waals surface area contributed by atoms with Crippen molar-refractivity contribution in [3.8, 4) is 0 Å². The maximum Gasteiger partial charge on any atom is 0.399 e. The number of hydrogen-bond donors (Lipinski definition) is 3. The number of para-hydroxylation sites is 1. The van der Waals surface area contributed by atoms with Crippen LogP contribution in [-0.4, -0.2) is 130 Å². The number of carbonyl (C=O) groups is 3. The van der Waals surface area contributed by atoms with Gasteiger partial charge in [-0.2, -0.15) is 8.78 Å². The van der Waals surface area contributed by atoms with Crippen LogP contribution >= 0.6 is 18.9 Å². The van der Waals surface area contributed by atoms with E-state index >= 15 is 0 Å². The smallest absolute Gasteiger partial charge is 0.369 e. The molecule has 0 radical (unpaired) electrons. The molecule has 8 rings (SSSR count). The number of anilines is 1. The molecule has 3 atom stereocenters. The molecule has 13 nitrogen and oxygen atoms in total. The number of likely N-dealkylation sites (tertiary alicyclic amines) is 1. The molecule has 4 aliphatic heterocycles. The summed E-state index contributed by atoms with van der Waals surface area (Å²) in [5.74, 6) is -0.841. The average Bonchev–Trinajstić information content (AvgIpc) is 3.80. The first-order chi connectivity index (χ1) is 27.3. The minimum atomic E-state index is -5.80. The van der Waals surface area contributed by atoms with Gasteiger partial charge in [-0.05, 0) is 73.2 Å². The number of pyridine rings is 1. The lowest BCUT2D eigenvalue weighted by molar-refractivity contribution is -0.150. The Morgan fingerprint density at radius 1 is 0.965 bits per heavy atom. The van der Waals surface area contributed by atoms with Crippen LogP contribution < -0.4 is 10.2 Å². The monoisotopic (exact) mass is 821 g/mol. The van der Waals surface area contributed by atoms with Crippen molar-refractivity contribution in [1.29, 1.82) is 0 Å². The molecule has 57 heavy (non-hydrogen) atoms. The van der Waals surface area contributed by atoms with Gasteiger partial charge < -0.3 is 34.7 Å². The molecule has 3 amide bonds. The Hall–Kier alpha value is -4.31. The predicted molar refractivity (Wildman–Crippen MR) is 212 cm³/mol. The largest absolute Gasteiger partial charge is 0.399 e. The standard InChI is InChI=1S/C40H46F2N7O6PS/c1-45-15-17-47(18-16-45)33-7-3-2-5-27(33)22-46-14-12-31-9-10-34(39(52)48-23-29(24-48)26-6-4-13-43-21-26)49(31)38(51)32(25-46)44-37(50)36-20-28-19-30(8-11-35(28)57-36)40(41,42)56(53,54)55/h2-8,11,13,19-21,29,31-32,34H,9-10,12,14-18,22-25H2,1H3,(H,44,50)(H2,53,54,55)/t31-,32+,34+/m1/s1. The number of fused-ring (bicyclic) bond motifs is 2. The Balaban J connectivity index is 1.05. The zero-order chi connectivity index (χ0) is 40.1. The lowest BCUT2D eigenvalue weighted by Crippen LogP contribution is -2.62. The van der Waals surface area contributed by atoms with Crippen molar-refractivity contribution in [2.75, 3.05) is 64.3 Å². The van der Waals surface area contributed by atoms with Gasteiger partial charge >= 0.3 is 13.3 Å². The highest BCUT2D eigenvalue weighted by Crippen LogP contribution is 2.59. The van der Waals surface area contributed by atoms with Gasteiger partial charge in [-0.1, -0.05) is 30.3 Å². The lowest BCUT2D eigenvalue weighted by atomic mass is 9.92. The topological polar surface area (TPSA) is 150 Å². The Kier molecular flexibility index (Phi) is 11.0. The van der Waals surface area contributed by atoms with Crippen LogP contribution in [0.15, 0.2) is 73.1 Å². The van der Waals surface area contributed by atoms with E-state index in [1.807, 2.05) is 30.5 Å². The molecule has 0 saturated carbocycles. The number of nitrogens with one attached hydrogen (secondary N) is 1. The van der Waals surface area contributed by atoms with Crippen molar-refractivity contribution in [2.24, 2.45) is 0 Å². The van der Waals surface area contributed by atoms with E-state index in [4.69, 9.17) is 0 Å². The predicted octanol–water partition coefficient (Wildman–Crippen LogP) is 4.27. The third kappa shape index (κ3) is 7.95. The SMILES string of the molecule is CN1CCN(c2ccccc2CN2CC[C@H]3CC[C@@H](C(=O)N4CC(c5cccnc5)C4)N3C(=O)[C@@H](NC(=O)c3cc4cc(C(F)(F)P(=O)(O)O)ccc4s3)C2)CC1. The van der Waals surface area contributed by atoms with Gasteiger partial charge in [0.15, 0.2) is 0 Å². The Labute approximate surface area is 333 Å². The summed E-state index contributed by atoms with van der Waals surface area (Å²) >= 11 is 1.03. The Bertz CT molecular complexity index is 2190. The summed E-state index contributed by atoms with van der Waals surface area (Å²) in [5, 5.41) is 3.17. The molecule has 302 valence electrons. The van der Waals surface area contributed by atoms with Gasteiger partial charge in [0.05, 0.1) is 4.88 Å². The van der Waals surface area contributed by atoms with Crippen molar-refractivity contribution in [3.63, 3.8) is 0 Å². The highest BCUT2D eigenvalue weighted by Gasteiger charge is 2.51. The highest BCUT2D eigenvalue weighted by molar-refractivity contribution is 7.52. The first-order valence-electron chi connectivity index (χ1n) is 19.3. The summed E-state index contributed by atoms with van der Waals surface area (Å²) in [7, 11) is -3.68. The molecule has 0 bridgehead atoms. The molecule has 4 aromatic rings. The molecular formula is C40H46F2N7O6PS. The quantitative estimate of drug-likeness (QED) is 0.209. The molecule has 2 aromatic carbocycles. The van der Waals surface area contributed by atoms with Crippen molar-refractivity contribution in [1.82, 2.24) is 29.9 Å². The molecule has 2 aromatic heterocycles. The summed E-state index contributed by atoms with van der Waals surface area (Å²) < 4.78 is 41.1. The number of alkyl halides is 2. The molecule has 0 aliphatic carbocycles. The minimum absolute atomic E-state index is 0.0954. The van der Waals surface area contributed by atoms with Crippen LogP contribution in [-0.2, 0) is 26.4 Å². The Morgan fingerprint density at radius 3 is 2.47 bits per heavy atom. The molecule has 6 heterocycles. The van der Waals surface area contributed by atoms with Crippen molar-refractivity contribution >= 4 is 52.4 Å². The Morgan fingerprint density at radius 2 is 1.74 bits per heavy atom. The number of rotatable bonds is 9. The molecule has 0 unspecified atom stereocenters. The van der Waals surface area contributed by atoms with E-state index in [0.717, 1.165) is 66.5 Å². The van der Waals surface area contributed by atoms with Crippen molar-refractivity contribution in [2.45, 2.75) is 55.5 Å². The maximum atomic E-state index is 14.8. The van der Waals surface area contributed by atoms with E-state index in [1.165, 1.54) is 12.1 Å². The van der Waals surface area contributed by atoms with Crippen LogP contribution in [0.5, 0.6) is 0 Å². The number of thiophene rings is 1. The molecule has 0 spiro atoms. The van der Waals surface area contributed by atoms with Gasteiger partial charge in [0.1, 0.15) is 12.1 Å². The number of aromatic nitrogens is 1. The van der Waals surface area contributed by atoms with Crippen LogP contribution in [0.3, 0.4) is 0 Å². The van der Waals surface area contributed by atoms with E-state index in [1.54, 1.807) is 16.0 Å². The fourth-order valence-electron chi connectivity index (χ4n) is 8.61. The fraction of sp³-hybridized carbons (Fsp3) is 0.450. The van der Waals surface area contributed by atoms with E-state index in [2.05, 4.69) is 44.2 Å². The summed E-state index contributed by atoms with van der Waals surface area (Å²) in [6.07, 6.45) is 5.38. The first kappa shape index (κ1) is 39.5. The first-order valence-corrected chi connectivity index (χ1v) is 21.7. The number of halogens is 2. The molecule has 4 aliphatic rings. The maximum absolute atomic E-state index is 14.8. The highest BCUT2D eigenvalue weighted by atomic mass is 32.1. The third-order valence-electron chi connectivity index (χ3n) is 11.9. The number of nitrogens with zero attached hydrogens (tertiary/aromatic N) is 6. The van der Waals surface area contributed by atoms with Crippen LogP contribution in [0.2, 0.25) is 0 Å². The van der Waals surface area contributed by atoms with Gasteiger partial charge in [-0.3, -0.25) is 28.8 Å². The van der Waals surface area contributed by atoms with Crippen LogP contribution in [0, 0.1) is 0 Å². The van der Waals surface area contributed by atoms with Gasteiger partial charge in [0, 0.05) is 99.2 Å². The number of carbonyl (C=O) groups excluding carboxylic acids is 3. The van der Waals surface area contributed by atoms with Gasteiger partial charge in [-0.25, -0.2) is 0 Å². The van der Waals surface area contributed by atoms with E-state index in [0.29, 0.717) is 50.1 Å². The van der Waals surface area contributed by atoms with Crippen LogP contribution in [0.4, 0.5) is 14.5 Å². The van der Waals surface area contributed by atoms with Crippen LogP contribution in [0.25, 0.3) is 10.1 Å². The number of likely N-dealkylation sites (N-methyl/N-ethyl adjacent to an activating group) is 1. The third-order valence-corrected chi connectivity index (χ3v) is 14.0. The summed E-state index contributed by atoms with van der Waals surface area (Å²) in [6, 6.07) is 14.9. The fourth-order valence-corrected chi connectivity index (χ4v) is 10.0. The summed E-state index contributed by atoms with van der Waals surface area (Å²) in [6.45, 7) is 6.13. The van der Waals surface area contributed by atoms with E-state index < -0.39 is 36.8 Å². The second-order valence-electron chi connectivity index (χ2n) is 15.6. The average molecular weight is 822 g/mol. The molecular weight excluding hydrogens is 776 g/mol. The van der Waals surface area contributed by atoms with Crippen molar-refractivity contribution in [3.05, 3.63) is 94.6 Å². The molecule has 4 fully saturated rings. The lowest BCUT2D eigenvalue weighted by Gasteiger charge is -2.44. The minimum Gasteiger partial charge on any atom is -0.369 e. The summed E-state index contributed by atoms with van der Waals surface area (Å²) in [5.41, 5.74) is -1.94. The molecule has 17 heteroatoms. The van der Waals surface area contributed by atoms with Gasteiger partial charge in [-0.15, -0.1) is 11.3 Å². The van der Waals surface area contributed by atoms with E-state index in [9.17, 15) is 37.5 Å². The second kappa shape index (κ2) is 15.8. The number of benzene rings is 2. The van der Waals surface area contributed by atoms with Crippen LogP contribution in [0.1, 0.15) is 51.5 Å². The number of piperazine rings is 1. The van der Waals surface area contributed by atoms with Gasteiger partial charge in [0.25, 0.3) is 5.91 Å². The normalized spacial score (nSPS) is 22.9. The molecule has 4 saturated heterocycles. The summed E-state index contributed by atoms with van der Waals surface area (Å²) in [4.78, 5) is 76.1.